The zero-order chi connectivity index (χ0) is 13.8. The van der Waals surface area contributed by atoms with Crippen LogP contribution in [0.4, 0.5) is 0 Å². The van der Waals surface area contributed by atoms with Crippen molar-refractivity contribution in [3.8, 4) is 0 Å². The molecule has 1 aromatic rings. The molecule has 1 N–H and O–H groups in total. The van der Waals surface area contributed by atoms with Crippen molar-refractivity contribution in [2.75, 3.05) is 19.8 Å². The Morgan fingerprint density at radius 3 is 3.00 bits per heavy atom. The lowest BCUT2D eigenvalue weighted by atomic mass is 10.1. The minimum atomic E-state index is -0.810. The van der Waals surface area contributed by atoms with Crippen LogP contribution in [-0.4, -0.2) is 47.6 Å². The number of morpholine rings is 1. The van der Waals surface area contributed by atoms with Crippen molar-refractivity contribution in [2.45, 2.75) is 25.9 Å². The summed E-state index contributed by atoms with van der Waals surface area (Å²) in [7, 11) is 0. The van der Waals surface area contributed by atoms with Crippen molar-refractivity contribution in [3.05, 3.63) is 21.9 Å². The van der Waals surface area contributed by atoms with Gasteiger partial charge in [-0.05, 0) is 23.9 Å². The van der Waals surface area contributed by atoms with Crippen LogP contribution in [0.2, 0.25) is 0 Å². The average molecular weight is 283 g/mol. The third-order valence-electron chi connectivity index (χ3n) is 3.15. The fraction of sp³-hybridized carbons (Fsp3) is 0.538. The van der Waals surface area contributed by atoms with Gasteiger partial charge in [0.2, 0.25) is 0 Å². The monoisotopic (exact) mass is 283 g/mol. The van der Waals surface area contributed by atoms with Crippen LogP contribution in [0.1, 0.15) is 28.6 Å². The first-order valence-corrected chi connectivity index (χ1v) is 7.06. The molecule has 1 aliphatic rings. The molecule has 0 spiro atoms. The summed E-state index contributed by atoms with van der Waals surface area (Å²) in [6, 6.07) is 1.80. The van der Waals surface area contributed by atoms with Crippen LogP contribution >= 0.6 is 11.3 Å². The van der Waals surface area contributed by atoms with Crippen molar-refractivity contribution in [1.82, 2.24) is 4.90 Å². The Balaban J connectivity index is 2.01. The third kappa shape index (κ3) is 3.86. The number of hydrogen-bond acceptors (Lipinski definition) is 5. The SMILES string of the molecule is CC(=O)c1cc(CN2CCOC[C@@H]2CC(=O)O)cs1. The highest BCUT2D eigenvalue weighted by atomic mass is 32.1. The van der Waals surface area contributed by atoms with Crippen molar-refractivity contribution in [2.24, 2.45) is 0 Å². The zero-order valence-electron chi connectivity index (χ0n) is 10.8. The topological polar surface area (TPSA) is 66.8 Å². The Labute approximate surface area is 115 Å². The molecule has 1 aromatic heterocycles. The van der Waals surface area contributed by atoms with E-state index in [4.69, 9.17) is 9.84 Å². The second-order valence-corrected chi connectivity index (χ2v) is 5.58. The minimum absolute atomic E-state index is 0.0697. The number of nitrogens with zero attached hydrogens (tertiary/aromatic N) is 1. The molecule has 104 valence electrons. The molecule has 1 saturated heterocycles. The Bertz CT molecular complexity index is 471. The van der Waals surface area contributed by atoms with Crippen molar-refractivity contribution >= 4 is 23.1 Å². The highest BCUT2D eigenvalue weighted by Crippen LogP contribution is 2.20. The van der Waals surface area contributed by atoms with Gasteiger partial charge in [-0.1, -0.05) is 0 Å². The number of rotatable bonds is 5. The molecule has 2 rings (SSSR count). The van der Waals surface area contributed by atoms with Gasteiger partial charge in [-0.15, -0.1) is 11.3 Å². The quantitative estimate of drug-likeness (QED) is 0.832. The van der Waals surface area contributed by atoms with Gasteiger partial charge in [0, 0.05) is 19.1 Å². The Hall–Kier alpha value is -1.24. The lowest BCUT2D eigenvalue weighted by molar-refractivity contribution is -0.140. The lowest BCUT2D eigenvalue weighted by Crippen LogP contribution is -2.45. The fourth-order valence-corrected chi connectivity index (χ4v) is 2.97. The van der Waals surface area contributed by atoms with E-state index in [0.717, 1.165) is 17.0 Å². The van der Waals surface area contributed by atoms with Crippen molar-refractivity contribution in [1.29, 1.82) is 0 Å². The maximum absolute atomic E-state index is 11.3. The van der Waals surface area contributed by atoms with Crippen LogP contribution in [-0.2, 0) is 16.1 Å². The largest absolute Gasteiger partial charge is 0.481 e. The van der Waals surface area contributed by atoms with E-state index in [1.165, 1.54) is 11.3 Å². The predicted octanol–water partition coefficient (Wildman–Crippen LogP) is 1.63. The summed E-state index contributed by atoms with van der Waals surface area (Å²) in [5.41, 5.74) is 1.06. The highest BCUT2D eigenvalue weighted by Gasteiger charge is 2.25. The molecule has 0 bridgehead atoms. The molecule has 0 aromatic carbocycles. The average Bonchev–Trinajstić information content (AvgIpc) is 2.80. The first-order chi connectivity index (χ1) is 9.06. The molecule has 0 saturated carbocycles. The Morgan fingerprint density at radius 1 is 1.58 bits per heavy atom. The maximum Gasteiger partial charge on any atom is 0.305 e. The number of ether oxygens (including phenoxy) is 1. The number of ketones is 1. The molecule has 19 heavy (non-hydrogen) atoms. The standard InChI is InChI=1S/C13H17NO4S/c1-9(15)12-4-10(8-19-12)6-14-2-3-18-7-11(14)5-13(16)17/h4,8,11H,2-3,5-7H2,1H3,(H,16,17)/t11-/m0/s1. The van der Waals surface area contributed by atoms with Gasteiger partial charge in [-0.25, -0.2) is 0 Å². The molecule has 0 radical (unpaired) electrons. The molecular formula is C13H17NO4S. The predicted molar refractivity (Wildman–Crippen MR) is 71.6 cm³/mol. The van der Waals surface area contributed by atoms with Crippen LogP contribution < -0.4 is 0 Å². The molecule has 5 nitrogen and oxygen atoms in total. The number of thiophene rings is 1. The molecule has 2 heterocycles. The highest BCUT2D eigenvalue weighted by molar-refractivity contribution is 7.12. The first kappa shape index (κ1) is 14.2. The number of carboxylic acids is 1. The normalized spacial score (nSPS) is 20.4. The smallest absolute Gasteiger partial charge is 0.305 e. The van der Waals surface area contributed by atoms with E-state index in [-0.39, 0.29) is 18.2 Å². The van der Waals surface area contributed by atoms with Crippen LogP contribution in [0.3, 0.4) is 0 Å². The van der Waals surface area contributed by atoms with Gasteiger partial charge in [0.15, 0.2) is 5.78 Å². The van der Waals surface area contributed by atoms with E-state index in [2.05, 4.69) is 4.90 Å². The fourth-order valence-electron chi connectivity index (χ4n) is 2.16. The number of carbonyl (C=O) groups excluding carboxylic acids is 1. The van der Waals surface area contributed by atoms with Crippen LogP contribution in [0.25, 0.3) is 0 Å². The minimum Gasteiger partial charge on any atom is -0.481 e. The number of hydrogen-bond donors (Lipinski definition) is 1. The van der Waals surface area contributed by atoms with Gasteiger partial charge >= 0.3 is 5.97 Å². The van der Waals surface area contributed by atoms with Crippen LogP contribution in [0.15, 0.2) is 11.4 Å². The Morgan fingerprint density at radius 2 is 2.37 bits per heavy atom. The molecule has 0 amide bonds. The van der Waals surface area contributed by atoms with Gasteiger partial charge in [0.25, 0.3) is 0 Å². The maximum atomic E-state index is 11.3. The molecule has 0 aliphatic carbocycles. The summed E-state index contributed by atoms with van der Waals surface area (Å²) in [6.45, 7) is 4.03. The van der Waals surface area contributed by atoms with Gasteiger partial charge in [0.05, 0.1) is 24.5 Å². The van der Waals surface area contributed by atoms with Crippen molar-refractivity contribution < 1.29 is 19.4 Å². The summed E-state index contributed by atoms with van der Waals surface area (Å²) in [6.07, 6.45) is 0.0870. The Kier molecular flexibility index (Phi) is 4.68. The van der Waals surface area contributed by atoms with Crippen LogP contribution in [0, 0.1) is 0 Å². The molecule has 1 fully saturated rings. The van der Waals surface area contributed by atoms with E-state index >= 15 is 0 Å². The van der Waals surface area contributed by atoms with Gasteiger partial charge in [-0.2, -0.15) is 0 Å². The molecule has 1 atom stereocenters. The number of Topliss-reactive ketones (excluding diaryl/α,β-unsaturated/α-hetero) is 1. The first-order valence-electron chi connectivity index (χ1n) is 6.18. The van der Waals surface area contributed by atoms with E-state index in [0.29, 0.717) is 19.8 Å². The molecular weight excluding hydrogens is 266 g/mol. The molecule has 1 aliphatic heterocycles. The second-order valence-electron chi connectivity index (χ2n) is 4.67. The number of aliphatic carboxylic acids is 1. The van der Waals surface area contributed by atoms with Gasteiger partial charge in [0.1, 0.15) is 0 Å². The summed E-state index contributed by atoms with van der Waals surface area (Å²) in [5, 5.41) is 10.9. The third-order valence-corrected chi connectivity index (χ3v) is 4.23. The van der Waals surface area contributed by atoms with Gasteiger partial charge < -0.3 is 9.84 Å². The van der Waals surface area contributed by atoms with E-state index < -0.39 is 5.97 Å². The summed E-state index contributed by atoms with van der Waals surface area (Å²) >= 11 is 1.44. The summed E-state index contributed by atoms with van der Waals surface area (Å²) in [5.74, 6) is -0.740. The van der Waals surface area contributed by atoms with Gasteiger partial charge in [-0.3, -0.25) is 14.5 Å². The second kappa shape index (κ2) is 6.27. The van der Waals surface area contributed by atoms with Crippen LogP contribution in [0.5, 0.6) is 0 Å². The summed E-state index contributed by atoms with van der Waals surface area (Å²) < 4.78 is 5.34. The number of carbonyl (C=O) groups is 2. The zero-order valence-corrected chi connectivity index (χ0v) is 11.6. The molecule has 0 unspecified atom stereocenters. The lowest BCUT2D eigenvalue weighted by Gasteiger charge is -2.34. The molecule has 6 heteroatoms. The van der Waals surface area contributed by atoms with E-state index in [1.807, 2.05) is 11.4 Å². The summed E-state index contributed by atoms with van der Waals surface area (Å²) in [4.78, 5) is 25.0. The van der Waals surface area contributed by atoms with E-state index in [9.17, 15) is 9.59 Å². The van der Waals surface area contributed by atoms with Crippen molar-refractivity contribution in [3.63, 3.8) is 0 Å². The van der Waals surface area contributed by atoms with E-state index in [1.54, 1.807) is 6.92 Å². The number of carboxylic acid groups (broad SMARTS) is 1.